The van der Waals surface area contributed by atoms with Crippen molar-refractivity contribution in [2.24, 2.45) is 11.3 Å². The van der Waals surface area contributed by atoms with E-state index in [2.05, 4.69) is 38.0 Å². The molecule has 0 aliphatic heterocycles. The molecular weight excluding hydrogens is 208 g/mol. The highest BCUT2D eigenvalue weighted by atomic mass is 15.2. The third-order valence-corrected chi connectivity index (χ3v) is 4.73. The van der Waals surface area contributed by atoms with Crippen molar-refractivity contribution in [3.63, 3.8) is 0 Å². The van der Waals surface area contributed by atoms with Crippen molar-refractivity contribution < 1.29 is 0 Å². The highest BCUT2D eigenvalue weighted by Crippen LogP contribution is 2.38. The molecule has 0 aromatic carbocycles. The highest BCUT2D eigenvalue weighted by molar-refractivity contribution is 4.87. The predicted molar refractivity (Wildman–Crippen MR) is 74.2 cm³/mol. The molecule has 2 heteroatoms. The zero-order valence-corrected chi connectivity index (χ0v) is 12.1. The summed E-state index contributed by atoms with van der Waals surface area (Å²) in [4.78, 5) is 2.52. The van der Waals surface area contributed by atoms with E-state index in [-0.39, 0.29) is 0 Å². The van der Waals surface area contributed by atoms with Gasteiger partial charge in [-0.15, -0.1) is 0 Å². The summed E-state index contributed by atoms with van der Waals surface area (Å²) in [5.74, 6) is 0.838. The van der Waals surface area contributed by atoms with Crippen molar-refractivity contribution in [3.8, 4) is 0 Å². The van der Waals surface area contributed by atoms with Gasteiger partial charge in [0.1, 0.15) is 0 Å². The van der Waals surface area contributed by atoms with Crippen LogP contribution >= 0.6 is 0 Å². The van der Waals surface area contributed by atoms with Crippen LogP contribution in [0.1, 0.15) is 52.9 Å². The summed E-state index contributed by atoms with van der Waals surface area (Å²) in [6.45, 7) is 9.64. The maximum absolute atomic E-state index is 3.78. The molecule has 0 aromatic heterocycles. The molecule has 2 saturated carbocycles. The molecule has 0 bridgehead atoms. The molecule has 2 fully saturated rings. The van der Waals surface area contributed by atoms with E-state index in [0.29, 0.717) is 5.41 Å². The normalized spacial score (nSPS) is 33.0. The van der Waals surface area contributed by atoms with Crippen LogP contribution in [-0.4, -0.2) is 37.1 Å². The lowest BCUT2D eigenvalue weighted by molar-refractivity contribution is 0.146. The number of hydrogen-bond donors (Lipinski definition) is 1. The van der Waals surface area contributed by atoms with Crippen LogP contribution in [0.15, 0.2) is 0 Å². The molecule has 2 atom stereocenters. The average molecular weight is 238 g/mol. The molecule has 2 rings (SSSR count). The van der Waals surface area contributed by atoms with Crippen molar-refractivity contribution in [3.05, 3.63) is 0 Å². The summed E-state index contributed by atoms with van der Waals surface area (Å²) >= 11 is 0. The van der Waals surface area contributed by atoms with Gasteiger partial charge in [0.25, 0.3) is 0 Å². The van der Waals surface area contributed by atoms with Crippen LogP contribution in [0.2, 0.25) is 0 Å². The summed E-state index contributed by atoms with van der Waals surface area (Å²) in [6.07, 6.45) is 6.97. The SMILES string of the molecule is CC1CC(C)(C)CCC1NCCN(C)C1CC1. The fourth-order valence-corrected chi connectivity index (χ4v) is 3.37. The van der Waals surface area contributed by atoms with Crippen molar-refractivity contribution in [2.45, 2.75) is 65.0 Å². The van der Waals surface area contributed by atoms with Crippen LogP contribution in [0.3, 0.4) is 0 Å². The van der Waals surface area contributed by atoms with Crippen molar-refractivity contribution in [1.29, 1.82) is 0 Å². The van der Waals surface area contributed by atoms with Crippen LogP contribution < -0.4 is 5.32 Å². The molecule has 100 valence electrons. The van der Waals surface area contributed by atoms with E-state index in [1.54, 1.807) is 0 Å². The fraction of sp³-hybridized carbons (Fsp3) is 1.00. The van der Waals surface area contributed by atoms with E-state index >= 15 is 0 Å². The topological polar surface area (TPSA) is 15.3 Å². The highest BCUT2D eigenvalue weighted by Gasteiger charge is 2.32. The van der Waals surface area contributed by atoms with E-state index in [1.165, 1.54) is 45.2 Å². The van der Waals surface area contributed by atoms with Gasteiger partial charge in [0.15, 0.2) is 0 Å². The lowest BCUT2D eigenvalue weighted by atomic mass is 9.70. The van der Waals surface area contributed by atoms with Gasteiger partial charge in [-0.25, -0.2) is 0 Å². The Bertz CT molecular complexity index is 245. The number of nitrogens with zero attached hydrogens (tertiary/aromatic N) is 1. The van der Waals surface area contributed by atoms with Crippen LogP contribution in [-0.2, 0) is 0 Å². The summed E-state index contributed by atoms with van der Waals surface area (Å²) in [6, 6.07) is 1.66. The van der Waals surface area contributed by atoms with Gasteiger partial charge in [-0.05, 0) is 50.5 Å². The van der Waals surface area contributed by atoms with Crippen LogP contribution in [0, 0.1) is 11.3 Å². The first-order valence-corrected chi connectivity index (χ1v) is 7.41. The minimum absolute atomic E-state index is 0.572. The monoisotopic (exact) mass is 238 g/mol. The molecule has 0 amide bonds. The number of rotatable bonds is 5. The Balaban J connectivity index is 1.65. The van der Waals surface area contributed by atoms with Gasteiger partial charge in [0.2, 0.25) is 0 Å². The number of likely N-dealkylation sites (N-methyl/N-ethyl adjacent to an activating group) is 1. The first-order valence-electron chi connectivity index (χ1n) is 7.41. The third-order valence-electron chi connectivity index (χ3n) is 4.73. The molecule has 17 heavy (non-hydrogen) atoms. The second-order valence-corrected chi connectivity index (χ2v) is 7.16. The molecule has 0 spiro atoms. The first-order chi connectivity index (χ1) is 7.98. The average Bonchev–Trinajstić information content (AvgIpc) is 3.03. The maximum Gasteiger partial charge on any atom is 0.0107 e. The van der Waals surface area contributed by atoms with Crippen molar-refractivity contribution in [1.82, 2.24) is 10.2 Å². The minimum atomic E-state index is 0.572. The van der Waals surface area contributed by atoms with Crippen molar-refractivity contribution in [2.75, 3.05) is 20.1 Å². The summed E-state index contributed by atoms with van der Waals surface area (Å²) in [5.41, 5.74) is 0.572. The van der Waals surface area contributed by atoms with Crippen LogP contribution in [0.25, 0.3) is 0 Å². The molecule has 2 nitrogen and oxygen atoms in total. The van der Waals surface area contributed by atoms with E-state index in [9.17, 15) is 0 Å². The maximum atomic E-state index is 3.78. The van der Waals surface area contributed by atoms with Gasteiger partial charge in [0, 0.05) is 25.2 Å². The molecule has 2 aliphatic rings. The third kappa shape index (κ3) is 3.96. The molecule has 1 N–H and O–H groups in total. The van der Waals surface area contributed by atoms with Gasteiger partial charge in [-0.2, -0.15) is 0 Å². The fourth-order valence-electron chi connectivity index (χ4n) is 3.37. The smallest absolute Gasteiger partial charge is 0.0107 e. The van der Waals surface area contributed by atoms with Crippen LogP contribution in [0.5, 0.6) is 0 Å². The molecule has 2 aliphatic carbocycles. The predicted octanol–water partition coefficient (Wildman–Crippen LogP) is 2.89. The standard InChI is InChI=1S/C15H30N2/c1-12-11-15(2,3)8-7-14(12)16-9-10-17(4)13-5-6-13/h12-14,16H,5-11H2,1-4H3. The first kappa shape index (κ1) is 13.4. The van der Waals surface area contributed by atoms with E-state index < -0.39 is 0 Å². The number of nitrogens with one attached hydrogen (secondary N) is 1. The lowest BCUT2D eigenvalue weighted by Crippen LogP contribution is -2.44. The Labute approximate surface area is 107 Å². The quantitative estimate of drug-likeness (QED) is 0.792. The zero-order valence-electron chi connectivity index (χ0n) is 12.1. The molecule has 0 radical (unpaired) electrons. The molecule has 0 heterocycles. The van der Waals surface area contributed by atoms with Crippen LogP contribution in [0.4, 0.5) is 0 Å². The molecule has 0 aromatic rings. The second kappa shape index (κ2) is 5.27. The van der Waals surface area contributed by atoms with Gasteiger partial charge in [-0.1, -0.05) is 20.8 Å². The Hall–Kier alpha value is -0.0800. The molecule has 0 saturated heterocycles. The van der Waals surface area contributed by atoms with E-state index in [0.717, 1.165) is 18.0 Å². The van der Waals surface area contributed by atoms with Gasteiger partial charge < -0.3 is 10.2 Å². The number of hydrogen-bond acceptors (Lipinski definition) is 2. The van der Waals surface area contributed by atoms with E-state index in [1.807, 2.05) is 0 Å². The molecular formula is C15H30N2. The summed E-state index contributed by atoms with van der Waals surface area (Å²) in [7, 11) is 2.27. The Morgan fingerprint density at radius 1 is 1.24 bits per heavy atom. The van der Waals surface area contributed by atoms with E-state index in [4.69, 9.17) is 0 Å². The van der Waals surface area contributed by atoms with Gasteiger partial charge >= 0.3 is 0 Å². The summed E-state index contributed by atoms with van der Waals surface area (Å²) < 4.78 is 0. The zero-order chi connectivity index (χ0) is 12.5. The Morgan fingerprint density at radius 3 is 2.53 bits per heavy atom. The minimum Gasteiger partial charge on any atom is -0.312 e. The van der Waals surface area contributed by atoms with Crippen molar-refractivity contribution >= 4 is 0 Å². The summed E-state index contributed by atoms with van der Waals surface area (Å²) in [5, 5.41) is 3.78. The van der Waals surface area contributed by atoms with Gasteiger partial charge in [-0.3, -0.25) is 0 Å². The largest absolute Gasteiger partial charge is 0.312 e. The lowest BCUT2D eigenvalue weighted by Gasteiger charge is -2.40. The molecule has 2 unspecified atom stereocenters. The Morgan fingerprint density at radius 2 is 1.94 bits per heavy atom. The Kier molecular flexibility index (Phi) is 4.14. The second-order valence-electron chi connectivity index (χ2n) is 7.16. The van der Waals surface area contributed by atoms with Gasteiger partial charge in [0.05, 0.1) is 0 Å².